The highest BCUT2D eigenvalue weighted by molar-refractivity contribution is 5.96. The van der Waals surface area contributed by atoms with Crippen molar-refractivity contribution < 1.29 is 14.3 Å². The van der Waals surface area contributed by atoms with Crippen molar-refractivity contribution in [2.45, 2.75) is 50.2 Å². The van der Waals surface area contributed by atoms with Crippen LogP contribution in [0.25, 0.3) is 0 Å². The molecule has 2 fully saturated rings. The number of ether oxygens (including phenoxy) is 1. The molecule has 5 nitrogen and oxygen atoms in total. The fourth-order valence-corrected chi connectivity index (χ4v) is 4.80. The fourth-order valence-electron chi connectivity index (χ4n) is 4.80. The van der Waals surface area contributed by atoms with Gasteiger partial charge in [-0.3, -0.25) is 9.69 Å². The number of methoxy groups -OCH3 is 1. The standard InChI is InChI=1S/C24H28N2O3/c1-29-24(28)19-9-7-18(8-10-19)23(27)25-20-15-21-11-12-22(16-20)26(21)14-13-17-5-3-2-4-6-17/h2-10,20-22H,11-16H2,1H3,(H,25,27). The number of rotatable bonds is 6. The number of benzene rings is 2. The lowest BCUT2D eigenvalue weighted by Gasteiger charge is -2.39. The molecule has 2 heterocycles. The fraction of sp³-hybridized carbons (Fsp3) is 0.417. The molecule has 0 spiro atoms. The molecule has 2 aromatic carbocycles. The summed E-state index contributed by atoms with van der Waals surface area (Å²) < 4.78 is 4.70. The number of nitrogens with one attached hydrogen (secondary N) is 1. The van der Waals surface area contributed by atoms with E-state index < -0.39 is 5.97 Å². The molecule has 0 radical (unpaired) electrons. The molecule has 2 saturated heterocycles. The molecular weight excluding hydrogens is 364 g/mol. The number of hydrogen-bond acceptors (Lipinski definition) is 4. The molecule has 0 aromatic heterocycles. The van der Waals surface area contributed by atoms with E-state index in [1.165, 1.54) is 25.5 Å². The summed E-state index contributed by atoms with van der Waals surface area (Å²) >= 11 is 0. The predicted molar refractivity (Wildman–Crippen MR) is 112 cm³/mol. The van der Waals surface area contributed by atoms with E-state index in [0.717, 1.165) is 25.8 Å². The maximum atomic E-state index is 12.6. The maximum Gasteiger partial charge on any atom is 0.337 e. The molecular formula is C24H28N2O3. The summed E-state index contributed by atoms with van der Waals surface area (Å²) in [6.07, 6.45) is 5.55. The van der Waals surface area contributed by atoms with Crippen LogP contribution in [0.3, 0.4) is 0 Å². The van der Waals surface area contributed by atoms with Crippen LogP contribution in [-0.2, 0) is 11.2 Å². The first-order valence-electron chi connectivity index (χ1n) is 10.4. The van der Waals surface area contributed by atoms with Gasteiger partial charge in [0.25, 0.3) is 5.91 Å². The van der Waals surface area contributed by atoms with Crippen LogP contribution >= 0.6 is 0 Å². The van der Waals surface area contributed by atoms with Crippen molar-refractivity contribution in [1.29, 1.82) is 0 Å². The van der Waals surface area contributed by atoms with Crippen LogP contribution in [0.5, 0.6) is 0 Å². The van der Waals surface area contributed by atoms with Crippen molar-refractivity contribution in [3.05, 3.63) is 71.3 Å². The molecule has 2 unspecified atom stereocenters. The summed E-state index contributed by atoms with van der Waals surface area (Å²) in [7, 11) is 1.35. The second kappa shape index (κ2) is 8.78. The molecule has 0 aliphatic carbocycles. The van der Waals surface area contributed by atoms with Gasteiger partial charge in [-0.2, -0.15) is 0 Å². The molecule has 1 N–H and O–H groups in total. The third kappa shape index (κ3) is 4.51. The summed E-state index contributed by atoms with van der Waals surface area (Å²) in [5.41, 5.74) is 2.42. The number of hydrogen-bond donors (Lipinski definition) is 1. The Kier molecular flexibility index (Phi) is 5.95. The first-order valence-corrected chi connectivity index (χ1v) is 10.4. The van der Waals surface area contributed by atoms with Gasteiger partial charge in [-0.25, -0.2) is 4.79 Å². The van der Waals surface area contributed by atoms with Gasteiger partial charge < -0.3 is 10.1 Å². The van der Waals surface area contributed by atoms with Gasteiger partial charge in [0, 0.05) is 30.2 Å². The summed E-state index contributed by atoms with van der Waals surface area (Å²) in [5.74, 6) is -0.458. The van der Waals surface area contributed by atoms with Crippen LogP contribution in [0.4, 0.5) is 0 Å². The SMILES string of the molecule is COC(=O)c1ccc(C(=O)NC2CC3CCC(C2)N3CCc2ccccc2)cc1. The first-order chi connectivity index (χ1) is 14.1. The molecule has 2 aromatic rings. The van der Waals surface area contributed by atoms with E-state index in [2.05, 4.69) is 40.5 Å². The minimum absolute atomic E-state index is 0.0662. The topological polar surface area (TPSA) is 58.6 Å². The monoisotopic (exact) mass is 392 g/mol. The van der Waals surface area contributed by atoms with Crippen molar-refractivity contribution in [2.75, 3.05) is 13.7 Å². The van der Waals surface area contributed by atoms with Crippen LogP contribution in [-0.4, -0.2) is 48.6 Å². The molecule has 152 valence electrons. The van der Waals surface area contributed by atoms with Crippen LogP contribution in [0.2, 0.25) is 0 Å². The van der Waals surface area contributed by atoms with E-state index in [9.17, 15) is 9.59 Å². The number of esters is 1. The molecule has 1 amide bonds. The Morgan fingerprint density at radius 1 is 0.966 bits per heavy atom. The minimum Gasteiger partial charge on any atom is -0.465 e. The lowest BCUT2D eigenvalue weighted by molar-refractivity contribution is 0.0600. The average molecular weight is 392 g/mol. The summed E-state index contributed by atoms with van der Waals surface area (Å²) in [6.45, 7) is 1.09. The Morgan fingerprint density at radius 2 is 1.59 bits per heavy atom. The summed E-state index contributed by atoms with van der Waals surface area (Å²) in [4.78, 5) is 26.8. The highest BCUT2D eigenvalue weighted by Crippen LogP contribution is 2.35. The van der Waals surface area contributed by atoms with Gasteiger partial charge in [-0.15, -0.1) is 0 Å². The van der Waals surface area contributed by atoms with Crippen molar-refractivity contribution in [3.8, 4) is 0 Å². The van der Waals surface area contributed by atoms with Crippen molar-refractivity contribution in [3.63, 3.8) is 0 Å². The van der Waals surface area contributed by atoms with Crippen LogP contribution in [0.15, 0.2) is 54.6 Å². The zero-order valence-electron chi connectivity index (χ0n) is 16.8. The van der Waals surface area contributed by atoms with Crippen LogP contribution in [0.1, 0.15) is 52.0 Å². The Labute approximate surface area is 172 Å². The Morgan fingerprint density at radius 3 is 2.21 bits per heavy atom. The molecule has 2 bridgehead atoms. The Bertz CT molecular complexity index is 836. The van der Waals surface area contributed by atoms with E-state index >= 15 is 0 Å². The predicted octanol–water partition coefficient (Wildman–Crippen LogP) is 3.44. The van der Waals surface area contributed by atoms with E-state index in [-0.39, 0.29) is 11.9 Å². The number of amides is 1. The van der Waals surface area contributed by atoms with Crippen LogP contribution < -0.4 is 5.32 Å². The summed E-state index contributed by atoms with van der Waals surface area (Å²) in [5, 5.41) is 3.21. The minimum atomic E-state index is -0.392. The molecule has 5 heteroatoms. The largest absolute Gasteiger partial charge is 0.465 e. The van der Waals surface area contributed by atoms with Gasteiger partial charge in [0.05, 0.1) is 12.7 Å². The molecule has 4 rings (SSSR count). The average Bonchev–Trinajstić information content (AvgIpc) is 3.00. The second-order valence-corrected chi connectivity index (χ2v) is 8.07. The second-order valence-electron chi connectivity index (χ2n) is 8.07. The van der Waals surface area contributed by atoms with E-state index in [4.69, 9.17) is 4.74 Å². The maximum absolute atomic E-state index is 12.6. The third-order valence-electron chi connectivity index (χ3n) is 6.29. The van der Waals surface area contributed by atoms with Gasteiger partial charge in [0.15, 0.2) is 0 Å². The number of nitrogens with zero attached hydrogens (tertiary/aromatic N) is 1. The molecule has 2 aliphatic heterocycles. The molecule has 29 heavy (non-hydrogen) atoms. The van der Waals surface area contributed by atoms with Crippen molar-refractivity contribution in [2.24, 2.45) is 0 Å². The first kappa shape index (κ1) is 19.6. The third-order valence-corrected chi connectivity index (χ3v) is 6.29. The summed E-state index contributed by atoms with van der Waals surface area (Å²) in [6, 6.07) is 18.6. The number of piperidine rings is 1. The Balaban J connectivity index is 1.31. The highest BCUT2D eigenvalue weighted by atomic mass is 16.5. The zero-order chi connectivity index (χ0) is 20.2. The van der Waals surface area contributed by atoms with Gasteiger partial charge in [0.2, 0.25) is 0 Å². The molecule has 2 atom stereocenters. The van der Waals surface area contributed by atoms with Crippen molar-refractivity contribution in [1.82, 2.24) is 10.2 Å². The van der Waals surface area contributed by atoms with E-state index in [1.54, 1.807) is 24.3 Å². The lowest BCUT2D eigenvalue weighted by atomic mass is 9.96. The van der Waals surface area contributed by atoms with Gasteiger partial charge in [0.1, 0.15) is 0 Å². The number of carbonyl (C=O) groups excluding carboxylic acids is 2. The van der Waals surface area contributed by atoms with Gasteiger partial charge in [-0.05, 0) is 61.9 Å². The van der Waals surface area contributed by atoms with Gasteiger partial charge >= 0.3 is 5.97 Å². The normalized spacial score (nSPS) is 23.6. The Hall–Kier alpha value is -2.66. The zero-order valence-corrected chi connectivity index (χ0v) is 16.8. The van der Waals surface area contributed by atoms with E-state index in [0.29, 0.717) is 23.2 Å². The van der Waals surface area contributed by atoms with E-state index in [1.807, 2.05) is 0 Å². The highest BCUT2D eigenvalue weighted by Gasteiger charge is 2.40. The molecule has 0 saturated carbocycles. The smallest absolute Gasteiger partial charge is 0.337 e. The lowest BCUT2D eigenvalue weighted by Crippen LogP contribution is -2.50. The quantitative estimate of drug-likeness (QED) is 0.765. The van der Waals surface area contributed by atoms with Crippen molar-refractivity contribution >= 4 is 11.9 Å². The molecule has 2 aliphatic rings. The number of fused-ring (bicyclic) bond motifs is 2. The number of carbonyl (C=O) groups is 2. The van der Waals surface area contributed by atoms with Gasteiger partial charge in [-0.1, -0.05) is 30.3 Å². The van der Waals surface area contributed by atoms with Crippen LogP contribution in [0, 0.1) is 0 Å².